The second kappa shape index (κ2) is 11.6. The number of aryl methyl sites for hydroxylation is 1. The number of rotatable bonds is 8. The second-order valence-corrected chi connectivity index (χ2v) is 6.12. The fourth-order valence-corrected chi connectivity index (χ4v) is 2.94. The van der Waals surface area contributed by atoms with Gasteiger partial charge in [0.25, 0.3) is 0 Å². The Kier molecular flexibility index (Phi) is 9.86. The first-order valence-corrected chi connectivity index (χ1v) is 8.69. The van der Waals surface area contributed by atoms with Crippen LogP contribution in [0.3, 0.4) is 0 Å². The normalized spacial score (nSPS) is 10.1. The lowest BCUT2D eigenvalue weighted by Gasteiger charge is -2.23. The molecule has 0 atom stereocenters. The van der Waals surface area contributed by atoms with Crippen LogP contribution in [0.4, 0.5) is 0 Å². The average molecular weight is 409 g/mol. The molecule has 0 aliphatic heterocycles. The molecule has 5 nitrogen and oxygen atoms in total. The first-order chi connectivity index (χ1) is 12.3. The molecular weight excluding hydrogens is 383 g/mol. The van der Waals surface area contributed by atoms with Crippen LogP contribution in [0.25, 0.3) is 11.0 Å². The summed E-state index contributed by atoms with van der Waals surface area (Å²) in [4.78, 5) is 19.0. The minimum absolute atomic E-state index is 0. The molecule has 3 rings (SSSR count). The van der Waals surface area contributed by atoms with E-state index in [0.29, 0.717) is 32.6 Å². The molecule has 1 aromatic heterocycles. The monoisotopic (exact) mass is 408 g/mol. The van der Waals surface area contributed by atoms with E-state index in [1.54, 1.807) is 6.33 Å². The molecule has 0 unspecified atom stereocenters. The molecule has 0 radical (unpaired) electrons. The van der Waals surface area contributed by atoms with E-state index in [0.717, 1.165) is 23.0 Å². The molecule has 0 fully saturated rings. The van der Waals surface area contributed by atoms with E-state index < -0.39 is 0 Å². The lowest BCUT2D eigenvalue weighted by atomic mass is 10.2. The van der Waals surface area contributed by atoms with E-state index in [4.69, 9.17) is 5.73 Å². The van der Waals surface area contributed by atoms with Gasteiger partial charge in [0.1, 0.15) is 0 Å². The Morgan fingerprint density at radius 3 is 2.48 bits per heavy atom. The summed E-state index contributed by atoms with van der Waals surface area (Å²) in [6.45, 7) is 2.54. The topological polar surface area (TPSA) is 64.2 Å². The maximum atomic E-state index is 12.7. The third-order valence-corrected chi connectivity index (χ3v) is 4.30. The summed E-state index contributed by atoms with van der Waals surface area (Å²) < 4.78 is 2.04. The van der Waals surface area contributed by atoms with Gasteiger partial charge in [-0.15, -0.1) is 24.8 Å². The van der Waals surface area contributed by atoms with Crippen molar-refractivity contribution in [2.45, 2.75) is 25.9 Å². The molecule has 0 saturated carbocycles. The SMILES string of the molecule is Cl.Cl.NCCCN(Cc1ccccc1)C(=O)CCn1cnc2ccccc21. The van der Waals surface area contributed by atoms with Crippen molar-refractivity contribution in [3.63, 3.8) is 0 Å². The fourth-order valence-electron chi connectivity index (χ4n) is 2.94. The third-order valence-electron chi connectivity index (χ3n) is 4.30. The van der Waals surface area contributed by atoms with Crippen LogP contribution in [0, 0.1) is 0 Å². The minimum atomic E-state index is 0. The summed E-state index contributed by atoms with van der Waals surface area (Å²) in [6, 6.07) is 18.1. The lowest BCUT2D eigenvalue weighted by Crippen LogP contribution is -2.33. The summed E-state index contributed by atoms with van der Waals surface area (Å²) in [6.07, 6.45) is 3.07. The quantitative estimate of drug-likeness (QED) is 0.618. The summed E-state index contributed by atoms with van der Waals surface area (Å²) >= 11 is 0. The van der Waals surface area contributed by atoms with Crippen LogP contribution in [0.15, 0.2) is 60.9 Å². The van der Waals surface area contributed by atoms with Crippen molar-refractivity contribution < 1.29 is 4.79 Å². The van der Waals surface area contributed by atoms with Crippen LogP contribution in [-0.4, -0.2) is 33.4 Å². The van der Waals surface area contributed by atoms with Crippen molar-refractivity contribution in [3.05, 3.63) is 66.5 Å². The van der Waals surface area contributed by atoms with Gasteiger partial charge in [-0.2, -0.15) is 0 Å². The molecule has 0 bridgehead atoms. The molecular formula is C20H26Cl2N4O. The number of amides is 1. The number of hydrogen-bond acceptors (Lipinski definition) is 3. The van der Waals surface area contributed by atoms with Crippen molar-refractivity contribution in [3.8, 4) is 0 Å². The Morgan fingerprint density at radius 1 is 1.04 bits per heavy atom. The van der Waals surface area contributed by atoms with Crippen molar-refractivity contribution in [2.75, 3.05) is 13.1 Å². The highest BCUT2D eigenvalue weighted by molar-refractivity contribution is 5.85. The van der Waals surface area contributed by atoms with Gasteiger partial charge >= 0.3 is 0 Å². The van der Waals surface area contributed by atoms with E-state index in [-0.39, 0.29) is 30.7 Å². The Labute approximate surface area is 172 Å². The highest BCUT2D eigenvalue weighted by atomic mass is 35.5. The van der Waals surface area contributed by atoms with Gasteiger partial charge in [0.2, 0.25) is 5.91 Å². The van der Waals surface area contributed by atoms with Crippen molar-refractivity contribution in [1.29, 1.82) is 0 Å². The number of benzene rings is 2. The Balaban J connectivity index is 0.00000182. The van der Waals surface area contributed by atoms with Gasteiger partial charge in [0.15, 0.2) is 0 Å². The van der Waals surface area contributed by atoms with E-state index in [2.05, 4.69) is 4.98 Å². The van der Waals surface area contributed by atoms with E-state index in [9.17, 15) is 4.79 Å². The van der Waals surface area contributed by atoms with Gasteiger partial charge in [-0.05, 0) is 30.7 Å². The number of halogens is 2. The van der Waals surface area contributed by atoms with Gasteiger partial charge in [0, 0.05) is 26.1 Å². The van der Waals surface area contributed by atoms with Gasteiger partial charge in [0.05, 0.1) is 17.4 Å². The molecule has 146 valence electrons. The molecule has 0 aliphatic carbocycles. The summed E-state index contributed by atoms with van der Waals surface area (Å²) in [5, 5.41) is 0. The molecule has 27 heavy (non-hydrogen) atoms. The predicted octanol–water partition coefficient (Wildman–Crippen LogP) is 3.65. The van der Waals surface area contributed by atoms with Gasteiger partial charge in [-0.3, -0.25) is 4.79 Å². The number of nitrogens with zero attached hydrogens (tertiary/aromatic N) is 3. The minimum Gasteiger partial charge on any atom is -0.338 e. The van der Waals surface area contributed by atoms with Crippen molar-refractivity contribution in [1.82, 2.24) is 14.5 Å². The standard InChI is InChI=1S/C20H24N4O.2ClH/c21-12-6-13-23(15-17-7-2-1-3-8-17)20(25)11-14-24-16-22-18-9-4-5-10-19(18)24;;/h1-5,7-10,16H,6,11-15,21H2;2*1H. The molecule has 1 amide bonds. The number of carbonyl (C=O) groups excluding carboxylic acids is 1. The summed E-state index contributed by atoms with van der Waals surface area (Å²) in [5.74, 6) is 0.148. The number of aromatic nitrogens is 2. The Morgan fingerprint density at radius 2 is 1.74 bits per heavy atom. The molecule has 0 aliphatic rings. The van der Waals surface area contributed by atoms with Gasteiger partial charge < -0.3 is 15.2 Å². The number of hydrogen-bond donors (Lipinski definition) is 1. The van der Waals surface area contributed by atoms with Crippen LogP contribution in [0.1, 0.15) is 18.4 Å². The van der Waals surface area contributed by atoms with Gasteiger partial charge in [-0.1, -0.05) is 42.5 Å². The number of carbonyl (C=O) groups is 1. The zero-order valence-electron chi connectivity index (χ0n) is 15.2. The Bertz CT molecular complexity index is 823. The van der Waals surface area contributed by atoms with Crippen LogP contribution in [0.5, 0.6) is 0 Å². The molecule has 1 heterocycles. The van der Waals surface area contributed by atoms with Crippen LogP contribution >= 0.6 is 24.8 Å². The second-order valence-electron chi connectivity index (χ2n) is 6.12. The first-order valence-electron chi connectivity index (χ1n) is 8.69. The molecule has 0 saturated heterocycles. The fraction of sp³-hybridized carbons (Fsp3) is 0.300. The maximum Gasteiger partial charge on any atom is 0.224 e. The van der Waals surface area contributed by atoms with E-state index >= 15 is 0 Å². The number of para-hydroxylation sites is 2. The Hall–Kier alpha value is -2.08. The molecule has 7 heteroatoms. The van der Waals surface area contributed by atoms with Crippen LogP contribution < -0.4 is 5.73 Å². The van der Waals surface area contributed by atoms with Crippen LogP contribution in [0.2, 0.25) is 0 Å². The number of imidazole rings is 1. The number of fused-ring (bicyclic) bond motifs is 1. The molecule has 2 N–H and O–H groups in total. The van der Waals surface area contributed by atoms with Crippen molar-refractivity contribution >= 4 is 41.8 Å². The molecule has 0 spiro atoms. The summed E-state index contributed by atoms with van der Waals surface area (Å²) in [7, 11) is 0. The van der Waals surface area contributed by atoms with Gasteiger partial charge in [-0.25, -0.2) is 4.98 Å². The zero-order chi connectivity index (χ0) is 17.5. The largest absolute Gasteiger partial charge is 0.338 e. The highest BCUT2D eigenvalue weighted by Gasteiger charge is 2.14. The average Bonchev–Trinajstić information content (AvgIpc) is 3.07. The third kappa shape index (κ3) is 6.24. The summed E-state index contributed by atoms with van der Waals surface area (Å²) in [5.41, 5.74) is 8.79. The van der Waals surface area contributed by atoms with E-state index in [1.165, 1.54) is 0 Å². The molecule has 3 aromatic rings. The highest BCUT2D eigenvalue weighted by Crippen LogP contribution is 2.13. The van der Waals surface area contributed by atoms with Crippen molar-refractivity contribution in [2.24, 2.45) is 5.73 Å². The maximum absolute atomic E-state index is 12.7. The smallest absolute Gasteiger partial charge is 0.224 e. The predicted molar refractivity (Wildman–Crippen MR) is 114 cm³/mol. The zero-order valence-corrected chi connectivity index (χ0v) is 16.8. The number of nitrogens with two attached hydrogens (primary N) is 1. The van der Waals surface area contributed by atoms with Crippen LogP contribution in [-0.2, 0) is 17.9 Å². The first kappa shape index (κ1) is 23.0. The van der Waals surface area contributed by atoms with E-state index in [1.807, 2.05) is 64.1 Å². The molecule has 2 aromatic carbocycles. The lowest BCUT2D eigenvalue weighted by molar-refractivity contribution is -0.132.